The first-order valence-electron chi connectivity index (χ1n) is 11.2. The van der Waals surface area contributed by atoms with Crippen molar-refractivity contribution in [1.29, 1.82) is 0 Å². The van der Waals surface area contributed by atoms with Crippen molar-refractivity contribution in [3.8, 4) is 11.1 Å². The number of piperidine rings is 1. The van der Waals surface area contributed by atoms with Gasteiger partial charge in [-0.05, 0) is 42.2 Å². The summed E-state index contributed by atoms with van der Waals surface area (Å²) in [6.45, 7) is 2.91. The Hall–Kier alpha value is -2.46. The SMILES string of the molecule is CC(c1c(Cl)ccc(F)c1Cl)c1c[nH]c2ncc(-c3cnn(C4CCN(S(C)(=O)=O)CC4)c3)cc12. The first kappa shape index (κ1) is 24.2. The molecule has 11 heteroatoms. The van der Waals surface area contributed by atoms with Gasteiger partial charge < -0.3 is 4.98 Å². The molecule has 1 fully saturated rings. The molecule has 184 valence electrons. The molecule has 7 nitrogen and oxygen atoms in total. The average Bonchev–Trinajstić information content (AvgIpc) is 3.48. The van der Waals surface area contributed by atoms with E-state index in [2.05, 4.69) is 15.1 Å². The Morgan fingerprint density at radius 1 is 1.17 bits per heavy atom. The van der Waals surface area contributed by atoms with Gasteiger partial charge in [0.15, 0.2) is 0 Å². The standard InChI is InChI=1S/C24H24Cl2FN5O2S/c1-14(22-20(25)3-4-21(27)23(22)26)19-12-29-24-18(19)9-15(10-28-24)16-11-30-32(13-16)17-5-7-31(8-6-17)35(2,33)34/h3-4,9-14,17H,5-8H2,1-2H3,(H,28,29). The first-order chi connectivity index (χ1) is 16.6. The molecule has 35 heavy (non-hydrogen) atoms. The Kier molecular flexibility index (Phi) is 6.37. The largest absolute Gasteiger partial charge is 0.346 e. The monoisotopic (exact) mass is 535 g/mol. The van der Waals surface area contributed by atoms with Gasteiger partial charge in [0, 0.05) is 59.1 Å². The quantitative estimate of drug-likeness (QED) is 0.336. The molecule has 0 aliphatic carbocycles. The summed E-state index contributed by atoms with van der Waals surface area (Å²) in [4.78, 5) is 7.75. The summed E-state index contributed by atoms with van der Waals surface area (Å²) in [7, 11) is -3.17. The normalized spacial score (nSPS) is 16.7. The van der Waals surface area contributed by atoms with Crippen LogP contribution in [0.15, 0.2) is 43.0 Å². The van der Waals surface area contributed by atoms with E-state index in [-0.39, 0.29) is 17.0 Å². The van der Waals surface area contributed by atoms with Gasteiger partial charge in [0.2, 0.25) is 10.0 Å². The Morgan fingerprint density at radius 3 is 2.63 bits per heavy atom. The third-order valence-electron chi connectivity index (χ3n) is 6.74. The van der Waals surface area contributed by atoms with Gasteiger partial charge in [0.05, 0.1) is 23.5 Å². The molecule has 0 bridgehead atoms. The van der Waals surface area contributed by atoms with E-state index >= 15 is 0 Å². The number of halogens is 3. The fourth-order valence-electron chi connectivity index (χ4n) is 4.76. The molecular weight excluding hydrogens is 512 g/mol. The van der Waals surface area contributed by atoms with E-state index in [1.165, 1.54) is 22.7 Å². The molecule has 1 unspecified atom stereocenters. The molecule has 1 N–H and O–H groups in total. The molecule has 4 heterocycles. The smallest absolute Gasteiger partial charge is 0.211 e. The highest BCUT2D eigenvalue weighted by Crippen LogP contribution is 2.39. The van der Waals surface area contributed by atoms with Crippen LogP contribution in [0.1, 0.15) is 42.9 Å². The highest BCUT2D eigenvalue weighted by atomic mass is 35.5. The summed E-state index contributed by atoms with van der Waals surface area (Å²) in [6, 6.07) is 4.94. The zero-order valence-electron chi connectivity index (χ0n) is 19.2. The van der Waals surface area contributed by atoms with E-state index in [0.29, 0.717) is 42.2 Å². The van der Waals surface area contributed by atoms with Crippen LogP contribution in [-0.4, -0.2) is 51.8 Å². The Morgan fingerprint density at radius 2 is 1.91 bits per heavy atom. The highest BCUT2D eigenvalue weighted by Gasteiger charge is 2.26. The minimum Gasteiger partial charge on any atom is -0.346 e. The lowest BCUT2D eigenvalue weighted by Crippen LogP contribution is -2.38. The van der Waals surface area contributed by atoms with E-state index in [9.17, 15) is 12.8 Å². The lowest BCUT2D eigenvalue weighted by atomic mass is 9.92. The number of aromatic nitrogens is 4. The van der Waals surface area contributed by atoms with Crippen molar-refractivity contribution in [3.05, 3.63) is 70.0 Å². The third-order valence-corrected chi connectivity index (χ3v) is 8.76. The van der Waals surface area contributed by atoms with Crippen LogP contribution < -0.4 is 0 Å². The van der Waals surface area contributed by atoms with Gasteiger partial charge in [-0.15, -0.1) is 0 Å². The third kappa shape index (κ3) is 4.58. The van der Waals surface area contributed by atoms with Gasteiger partial charge >= 0.3 is 0 Å². The number of hydrogen-bond acceptors (Lipinski definition) is 4. The number of nitrogens with one attached hydrogen (secondary N) is 1. The maximum atomic E-state index is 14.1. The number of benzene rings is 1. The number of sulfonamides is 1. The number of fused-ring (bicyclic) bond motifs is 1. The van der Waals surface area contributed by atoms with Gasteiger partial charge in [-0.25, -0.2) is 22.1 Å². The van der Waals surface area contributed by atoms with Gasteiger partial charge in [-0.2, -0.15) is 5.10 Å². The van der Waals surface area contributed by atoms with Crippen molar-refractivity contribution in [2.75, 3.05) is 19.3 Å². The highest BCUT2D eigenvalue weighted by molar-refractivity contribution is 7.88. The summed E-state index contributed by atoms with van der Waals surface area (Å²) >= 11 is 12.6. The number of aromatic amines is 1. The molecule has 0 spiro atoms. The molecule has 5 rings (SSSR count). The molecule has 1 saturated heterocycles. The van der Waals surface area contributed by atoms with Crippen LogP contribution in [0.2, 0.25) is 10.0 Å². The van der Waals surface area contributed by atoms with Crippen LogP contribution in [0.25, 0.3) is 22.2 Å². The topological polar surface area (TPSA) is 83.9 Å². The summed E-state index contributed by atoms with van der Waals surface area (Å²) in [6.07, 6.45) is 10.1. The van der Waals surface area contributed by atoms with Gasteiger partial charge in [0.1, 0.15) is 11.5 Å². The summed E-state index contributed by atoms with van der Waals surface area (Å²) in [5, 5.41) is 5.86. The van der Waals surface area contributed by atoms with Gasteiger partial charge in [0.25, 0.3) is 0 Å². The van der Waals surface area contributed by atoms with Crippen molar-refractivity contribution >= 4 is 44.3 Å². The van der Waals surface area contributed by atoms with Crippen LogP contribution in [0.5, 0.6) is 0 Å². The van der Waals surface area contributed by atoms with E-state index in [1.807, 2.05) is 30.1 Å². The van der Waals surface area contributed by atoms with Crippen molar-refractivity contribution in [3.63, 3.8) is 0 Å². The second-order valence-corrected chi connectivity index (χ2v) is 11.7. The fourth-order valence-corrected chi connectivity index (χ4v) is 6.33. The molecule has 1 atom stereocenters. The van der Waals surface area contributed by atoms with Crippen LogP contribution >= 0.6 is 23.2 Å². The average molecular weight is 536 g/mol. The second kappa shape index (κ2) is 9.20. The van der Waals surface area contributed by atoms with Crippen LogP contribution in [0.4, 0.5) is 4.39 Å². The van der Waals surface area contributed by atoms with E-state index in [1.54, 1.807) is 12.4 Å². The molecule has 1 aliphatic heterocycles. The number of hydrogen-bond donors (Lipinski definition) is 1. The molecule has 3 aromatic heterocycles. The first-order valence-corrected chi connectivity index (χ1v) is 13.8. The number of pyridine rings is 1. The van der Waals surface area contributed by atoms with Crippen molar-refractivity contribution in [2.24, 2.45) is 0 Å². The molecule has 0 saturated carbocycles. The maximum Gasteiger partial charge on any atom is 0.211 e. The molecule has 0 amide bonds. The lowest BCUT2D eigenvalue weighted by molar-refractivity contribution is 0.262. The van der Waals surface area contributed by atoms with Crippen molar-refractivity contribution in [1.82, 2.24) is 24.1 Å². The predicted octanol–water partition coefficient (Wildman–Crippen LogP) is 5.62. The molecule has 0 radical (unpaired) electrons. The number of nitrogens with zero attached hydrogens (tertiary/aromatic N) is 4. The van der Waals surface area contributed by atoms with Crippen LogP contribution in [-0.2, 0) is 10.0 Å². The van der Waals surface area contributed by atoms with E-state index < -0.39 is 15.8 Å². The maximum absolute atomic E-state index is 14.1. The van der Waals surface area contributed by atoms with Crippen molar-refractivity contribution < 1.29 is 12.8 Å². The number of H-pyrrole nitrogens is 1. The molecule has 1 aromatic carbocycles. The Labute approximate surface area is 212 Å². The van der Waals surface area contributed by atoms with Crippen LogP contribution in [0, 0.1) is 5.82 Å². The van der Waals surface area contributed by atoms with Gasteiger partial charge in [-0.1, -0.05) is 30.1 Å². The zero-order chi connectivity index (χ0) is 24.9. The Balaban J connectivity index is 1.43. The second-order valence-electron chi connectivity index (χ2n) is 8.94. The van der Waals surface area contributed by atoms with Crippen LogP contribution in [0.3, 0.4) is 0 Å². The molecule has 4 aromatic rings. The molecule has 1 aliphatic rings. The summed E-state index contributed by atoms with van der Waals surface area (Å²) < 4.78 is 41.1. The number of rotatable bonds is 5. The van der Waals surface area contributed by atoms with E-state index in [0.717, 1.165) is 22.1 Å². The lowest BCUT2D eigenvalue weighted by Gasteiger charge is -2.30. The zero-order valence-corrected chi connectivity index (χ0v) is 21.5. The van der Waals surface area contributed by atoms with E-state index in [4.69, 9.17) is 23.2 Å². The van der Waals surface area contributed by atoms with Crippen molar-refractivity contribution in [2.45, 2.75) is 31.7 Å². The molecular formula is C24H24Cl2FN5O2S. The fraction of sp³-hybridized carbons (Fsp3) is 0.333. The minimum absolute atomic E-state index is 0.0201. The predicted molar refractivity (Wildman–Crippen MR) is 136 cm³/mol. The summed E-state index contributed by atoms with van der Waals surface area (Å²) in [5.74, 6) is -0.773. The van der Waals surface area contributed by atoms with Gasteiger partial charge in [-0.3, -0.25) is 4.68 Å². The minimum atomic E-state index is -3.17. The Bertz CT molecular complexity index is 1510. The summed E-state index contributed by atoms with van der Waals surface area (Å²) in [5.41, 5.74) is 3.95.